The molecule has 1 heterocycles. The molecule has 1 atom stereocenters. The van der Waals surface area contributed by atoms with Crippen LogP contribution in [0.2, 0.25) is 0 Å². The van der Waals surface area contributed by atoms with Crippen molar-refractivity contribution in [3.63, 3.8) is 0 Å². The number of aromatic amines is 1. The first-order chi connectivity index (χ1) is 14.1. The van der Waals surface area contributed by atoms with Crippen molar-refractivity contribution in [2.24, 2.45) is 5.73 Å². The molecule has 7 heteroatoms. The van der Waals surface area contributed by atoms with Gasteiger partial charge in [0.05, 0.1) is 24.6 Å². The Morgan fingerprint density at radius 2 is 1.97 bits per heavy atom. The number of unbranched alkanes of at least 4 members (excludes halogenated alkanes) is 1. The van der Waals surface area contributed by atoms with E-state index in [0.29, 0.717) is 18.2 Å². The molecule has 3 aromatic rings. The van der Waals surface area contributed by atoms with Gasteiger partial charge in [0.25, 0.3) is 0 Å². The van der Waals surface area contributed by atoms with Crippen molar-refractivity contribution in [3.8, 4) is 17.1 Å². The first kappa shape index (κ1) is 20.5. The first-order valence-corrected chi connectivity index (χ1v) is 9.67. The van der Waals surface area contributed by atoms with E-state index in [1.165, 1.54) is 0 Å². The minimum absolute atomic E-state index is 0.158. The molecular weight excluding hydrogens is 370 g/mol. The predicted molar refractivity (Wildman–Crippen MR) is 110 cm³/mol. The standard InChI is InChI=1S/C22H25N3O4/c1-2-3-10-28-21(27)13-18(23)19(26)14-29-20-12-16-7-5-4-6-15(16)11-17(20)22-24-8-9-25-22/h4-9,11-12,18H,2-3,10,13-14,23H2,1H3,(H,24,25). The lowest BCUT2D eigenvalue weighted by Crippen LogP contribution is -2.36. The zero-order chi connectivity index (χ0) is 20.6. The van der Waals surface area contributed by atoms with E-state index in [4.69, 9.17) is 15.2 Å². The van der Waals surface area contributed by atoms with Crippen LogP contribution in [0.15, 0.2) is 48.8 Å². The van der Waals surface area contributed by atoms with Gasteiger partial charge in [-0.1, -0.05) is 37.6 Å². The smallest absolute Gasteiger partial charge is 0.307 e. The summed E-state index contributed by atoms with van der Waals surface area (Å²) < 4.78 is 10.8. The monoisotopic (exact) mass is 395 g/mol. The number of Topliss-reactive ketones (excluding diaryl/α,β-unsaturated/α-hetero) is 1. The summed E-state index contributed by atoms with van der Waals surface area (Å²) in [5, 5.41) is 2.01. The number of benzene rings is 2. The number of nitrogens with one attached hydrogen (secondary N) is 1. The number of fused-ring (bicyclic) bond motifs is 1. The summed E-state index contributed by atoms with van der Waals surface area (Å²) in [6, 6.07) is 10.7. The molecule has 0 aliphatic carbocycles. The molecule has 152 valence electrons. The maximum atomic E-state index is 12.4. The van der Waals surface area contributed by atoms with E-state index in [1.807, 2.05) is 43.3 Å². The molecule has 1 unspecified atom stereocenters. The Morgan fingerprint density at radius 1 is 1.21 bits per heavy atom. The van der Waals surface area contributed by atoms with Crippen LogP contribution in [0.25, 0.3) is 22.2 Å². The molecule has 0 saturated carbocycles. The van der Waals surface area contributed by atoms with Crippen LogP contribution in [0.3, 0.4) is 0 Å². The first-order valence-electron chi connectivity index (χ1n) is 9.67. The highest BCUT2D eigenvalue weighted by atomic mass is 16.5. The Hall–Kier alpha value is -3.19. The third-order valence-corrected chi connectivity index (χ3v) is 4.53. The summed E-state index contributed by atoms with van der Waals surface area (Å²) in [6.45, 7) is 2.11. The fourth-order valence-corrected chi connectivity index (χ4v) is 2.88. The van der Waals surface area contributed by atoms with Crippen LogP contribution in [0.1, 0.15) is 26.2 Å². The molecule has 0 saturated heterocycles. The largest absolute Gasteiger partial charge is 0.485 e. The third kappa shape index (κ3) is 5.42. The zero-order valence-corrected chi connectivity index (χ0v) is 16.4. The van der Waals surface area contributed by atoms with Gasteiger partial charge in [-0.05, 0) is 29.3 Å². The Bertz CT molecular complexity index is 969. The molecule has 0 aliphatic rings. The van der Waals surface area contributed by atoms with Gasteiger partial charge < -0.3 is 20.2 Å². The number of nitrogens with zero attached hydrogens (tertiary/aromatic N) is 1. The number of esters is 1. The third-order valence-electron chi connectivity index (χ3n) is 4.53. The van der Waals surface area contributed by atoms with Gasteiger partial charge in [0.1, 0.15) is 18.2 Å². The van der Waals surface area contributed by atoms with Crippen molar-refractivity contribution in [2.45, 2.75) is 32.2 Å². The second kappa shape index (κ2) is 9.84. The summed E-state index contributed by atoms with van der Waals surface area (Å²) in [6.07, 6.45) is 4.93. The molecule has 7 nitrogen and oxygen atoms in total. The van der Waals surface area contributed by atoms with Crippen LogP contribution < -0.4 is 10.5 Å². The number of ketones is 1. The molecule has 0 amide bonds. The predicted octanol–water partition coefficient (Wildman–Crippen LogP) is 3.24. The Labute approximate surface area is 169 Å². The zero-order valence-electron chi connectivity index (χ0n) is 16.4. The van der Waals surface area contributed by atoms with E-state index in [0.717, 1.165) is 29.2 Å². The number of carbonyl (C=O) groups is 2. The Kier molecular flexibility index (Phi) is 6.97. The molecule has 3 N–H and O–H groups in total. The van der Waals surface area contributed by atoms with Gasteiger partial charge in [-0.25, -0.2) is 4.98 Å². The number of hydrogen-bond donors (Lipinski definition) is 2. The lowest BCUT2D eigenvalue weighted by molar-refractivity contribution is -0.145. The highest BCUT2D eigenvalue weighted by molar-refractivity contribution is 5.91. The van der Waals surface area contributed by atoms with Gasteiger partial charge in [0.2, 0.25) is 0 Å². The van der Waals surface area contributed by atoms with Gasteiger partial charge in [-0.3, -0.25) is 9.59 Å². The molecule has 2 aromatic carbocycles. The van der Waals surface area contributed by atoms with E-state index in [-0.39, 0.29) is 18.8 Å². The summed E-state index contributed by atoms with van der Waals surface area (Å²) >= 11 is 0. The van der Waals surface area contributed by atoms with Crippen molar-refractivity contribution in [1.29, 1.82) is 0 Å². The number of aromatic nitrogens is 2. The van der Waals surface area contributed by atoms with Gasteiger partial charge in [-0.15, -0.1) is 0 Å². The normalized spacial score (nSPS) is 11.9. The van der Waals surface area contributed by atoms with E-state index in [2.05, 4.69) is 9.97 Å². The number of H-pyrrole nitrogens is 1. The van der Waals surface area contributed by atoms with Crippen molar-refractivity contribution < 1.29 is 19.1 Å². The van der Waals surface area contributed by atoms with Crippen LogP contribution in [0, 0.1) is 0 Å². The average molecular weight is 395 g/mol. The van der Waals surface area contributed by atoms with E-state index < -0.39 is 12.0 Å². The summed E-state index contributed by atoms with van der Waals surface area (Å²) in [7, 11) is 0. The molecule has 0 aliphatic heterocycles. The number of nitrogens with two attached hydrogens (primary N) is 1. The van der Waals surface area contributed by atoms with E-state index in [1.54, 1.807) is 12.4 Å². The highest BCUT2D eigenvalue weighted by Gasteiger charge is 2.20. The van der Waals surface area contributed by atoms with Crippen LogP contribution >= 0.6 is 0 Å². The van der Waals surface area contributed by atoms with Crippen molar-refractivity contribution in [2.75, 3.05) is 13.2 Å². The fourth-order valence-electron chi connectivity index (χ4n) is 2.88. The quantitative estimate of drug-likeness (QED) is 0.403. The van der Waals surface area contributed by atoms with Crippen molar-refractivity contribution >= 4 is 22.5 Å². The van der Waals surface area contributed by atoms with Crippen LogP contribution in [-0.4, -0.2) is 41.0 Å². The lowest BCUT2D eigenvalue weighted by atomic mass is 10.1. The number of imidazole rings is 1. The highest BCUT2D eigenvalue weighted by Crippen LogP contribution is 2.32. The molecule has 0 bridgehead atoms. The molecule has 29 heavy (non-hydrogen) atoms. The molecule has 0 fully saturated rings. The van der Waals surface area contributed by atoms with Crippen molar-refractivity contribution in [3.05, 3.63) is 48.8 Å². The Balaban J connectivity index is 1.68. The van der Waals surface area contributed by atoms with E-state index in [9.17, 15) is 9.59 Å². The number of rotatable bonds is 10. The van der Waals surface area contributed by atoms with Gasteiger partial charge >= 0.3 is 5.97 Å². The maximum Gasteiger partial charge on any atom is 0.307 e. The topological polar surface area (TPSA) is 107 Å². The van der Waals surface area contributed by atoms with Crippen LogP contribution in [0.5, 0.6) is 5.75 Å². The van der Waals surface area contributed by atoms with Gasteiger partial charge in [0, 0.05) is 12.4 Å². The summed E-state index contributed by atoms with van der Waals surface area (Å²) in [5.41, 5.74) is 6.61. The summed E-state index contributed by atoms with van der Waals surface area (Å²) in [4.78, 5) is 31.5. The lowest BCUT2D eigenvalue weighted by Gasteiger charge is -2.14. The van der Waals surface area contributed by atoms with Gasteiger partial charge in [0.15, 0.2) is 5.78 Å². The molecule has 0 spiro atoms. The van der Waals surface area contributed by atoms with Crippen LogP contribution in [-0.2, 0) is 14.3 Å². The molecule has 3 rings (SSSR count). The minimum atomic E-state index is -0.961. The number of hydrogen-bond acceptors (Lipinski definition) is 6. The Morgan fingerprint density at radius 3 is 2.66 bits per heavy atom. The van der Waals surface area contributed by atoms with Crippen molar-refractivity contribution in [1.82, 2.24) is 9.97 Å². The van der Waals surface area contributed by atoms with E-state index >= 15 is 0 Å². The maximum absolute atomic E-state index is 12.4. The minimum Gasteiger partial charge on any atom is -0.485 e. The molecular formula is C22H25N3O4. The SMILES string of the molecule is CCCCOC(=O)CC(N)C(=O)COc1cc2ccccc2cc1-c1ncc[nH]1. The van der Waals surface area contributed by atoms with Crippen LogP contribution in [0.4, 0.5) is 0 Å². The average Bonchev–Trinajstić information content (AvgIpc) is 3.26. The molecule has 0 radical (unpaired) electrons. The van der Waals surface area contributed by atoms with Gasteiger partial charge in [-0.2, -0.15) is 0 Å². The molecule has 1 aromatic heterocycles. The second-order valence-electron chi connectivity index (χ2n) is 6.77. The second-order valence-corrected chi connectivity index (χ2v) is 6.77. The summed E-state index contributed by atoms with van der Waals surface area (Å²) in [5.74, 6) is 0.323. The number of ether oxygens (including phenoxy) is 2. The number of carbonyl (C=O) groups excluding carboxylic acids is 2. The fraction of sp³-hybridized carbons (Fsp3) is 0.318.